The van der Waals surface area contributed by atoms with Gasteiger partial charge in [0.15, 0.2) is 0 Å². The number of hydrogen-bond donors (Lipinski definition) is 2. The largest absolute Gasteiger partial charge is 0.354 e. The molecule has 0 aliphatic carbocycles. The van der Waals surface area contributed by atoms with Crippen LogP contribution in [0.3, 0.4) is 0 Å². The van der Waals surface area contributed by atoms with Gasteiger partial charge in [-0.25, -0.2) is 0 Å². The van der Waals surface area contributed by atoms with Gasteiger partial charge in [-0.2, -0.15) is 0 Å². The summed E-state index contributed by atoms with van der Waals surface area (Å²) >= 11 is 0. The summed E-state index contributed by atoms with van der Waals surface area (Å²) < 4.78 is 0. The van der Waals surface area contributed by atoms with Gasteiger partial charge in [-0.1, -0.05) is 38.1 Å². The minimum Gasteiger partial charge on any atom is -0.354 e. The molecule has 1 rings (SSSR count). The molecule has 3 N–H and O–H groups in total. The number of amides is 1. The zero-order valence-corrected chi connectivity index (χ0v) is 13.4. The van der Waals surface area contributed by atoms with E-state index >= 15 is 0 Å². The first kappa shape index (κ1) is 16.7. The van der Waals surface area contributed by atoms with Gasteiger partial charge in [-0.15, -0.1) is 0 Å². The third-order valence-electron chi connectivity index (χ3n) is 3.24. The van der Waals surface area contributed by atoms with E-state index in [4.69, 9.17) is 5.73 Å². The molecule has 0 saturated carbocycles. The van der Waals surface area contributed by atoms with Gasteiger partial charge in [0.1, 0.15) is 0 Å². The number of carbonyl (C=O) groups is 1. The fraction of sp³-hybridized carbons (Fsp3) is 0.588. The molecule has 1 aromatic rings. The molecule has 0 radical (unpaired) electrons. The van der Waals surface area contributed by atoms with Crippen LogP contribution in [0, 0.1) is 5.92 Å². The number of hydrogen-bond acceptors (Lipinski definition) is 2. The Morgan fingerprint density at radius 2 is 1.75 bits per heavy atom. The van der Waals surface area contributed by atoms with E-state index in [1.807, 2.05) is 20.8 Å². The standard InChI is InChI=1S/C17H28N2O/c1-12(2)10-14-6-8-15(9-7-14)13(3)16(20)19-11-17(4,5)18/h6-9,12-13H,10-11,18H2,1-5H3,(H,19,20). The van der Waals surface area contributed by atoms with Gasteiger partial charge in [0.05, 0.1) is 5.92 Å². The average molecular weight is 276 g/mol. The predicted molar refractivity (Wildman–Crippen MR) is 84.7 cm³/mol. The highest BCUT2D eigenvalue weighted by atomic mass is 16.1. The third-order valence-corrected chi connectivity index (χ3v) is 3.24. The van der Waals surface area contributed by atoms with Gasteiger partial charge in [-0.3, -0.25) is 4.79 Å². The van der Waals surface area contributed by atoms with Crippen LogP contribution < -0.4 is 11.1 Å². The van der Waals surface area contributed by atoms with Crippen molar-refractivity contribution < 1.29 is 4.79 Å². The molecule has 3 nitrogen and oxygen atoms in total. The molecule has 0 aliphatic heterocycles. The molecular weight excluding hydrogens is 248 g/mol. The van der Waals surface area contributed by atoms with Crippen molar-refractivity contribution in [1.82, 2.24) is 5.32 Å². The molecule has 0 heterocycles. The van der Waals surface area contributed by atoms with Crippen molar-refractivity contribution >= 4 is 5.91 Å². The van der Waals surface area contributed by atoms with Crippen molar-refractivity contribution in [1.29, 1.82) is 0 Å². The molecule has 0 spiro atoms. The highest BCUT2D eigenvalue weighted by Gasteiger charge is 2.18. The Balaban J connectivity index is 2.62. The Labute approximate surface area is 122 Å². The predicted octanol–water partition coefficient (Wildman–Crippen LogP) is 2.84. The molecule has 3 heteroatoms. The van der Waals surface area contributed by atoms with Crippen LogP contribution >= 0.6 is 0 Å². The van der Waals surface area contributed by atoms with E-state index in [2.05, 4.69) is 43.4 Å². The summed E-state index contributed by atoms with van der Waals surface area (Å²) in [6.45, 7) is 10.6. The lowest BCUT2D eigenvalue weighted by Crippen LogP contribution is -2.46. The minimum atomic E-state index is -0.378. The highest BCUT2D eigenvalue weighted by molar-refractivity contribution is 5.83. The molecule has 1 unspecified atom stereocenters. The maximum Gasteiger partial charge on any atom is 0.227 e. The molecule has 0 fully saturated rings. The molecule has 1 atom stereocenters. The second-order valence-electron chi connectivity index (χ2n) is 6.77. The Morgan fingerprint density at radius 1 is 1.20 bits per heavy atom. The van der Waals surface area contributed by atoms with Crippen molar-refractivity contribution in [3.63, 3.8) is 0 Å². The van der Waals surface area contributed by atoms with Crippen LogP contribution in [0.25, 0.3) is 0 Å². The first-order valence-corrected chi connectivity index (χ1v) is 7.34. The summed E-state index contributed by atoms with van der Waals surface area (Å²) in [5.41, 5.74) is 7.86. The molecule has 20 heavy (non-hydrogen) atoms. The molecule has 1 aromatic carbocycles. The molecule has 1 amide bonds. The zero-order valence-electron chi connectivity index (χ0n) is 13.4. The summed E-state index contributed by atoms with van der Waals surface area (Å²) in [5.74, 6) is 0.527. The fourth-order valence-electron chi connectivity index (χ4n) is 2.03. The number of benzene rings is 1. The fourth-order valence-corrected chi connectivity index (χ4v) is 2.03. The summed E-state index contributed by atoms with van der Waals surface area (Å²) in [7, 11) is 0. The number of carbonyl (C=O) groups excluding carboxylic acids is 1. The van der Waals surface area contributed by atoms with Crippen LogP contribution in [0.5, 0.6) is 0 Å². The lowest BCUT2D eigenvalue weighted by atomic mass is 9.96. The Morgan fingerprint density at radius 3 is 2.20 bits per heavy atom. The van der Waals surface area contributed by atoms with Crippen molar-refractivity contribution in [2.75, 3.05) is 6.54 Å². The summed E-state index contributed by atoms with van der Waals surface area (Å²) in [6, 6.07) is 8.34. The average Bonchev–Trinajstić information content (AvgIpc) is 2.34. The van der Waals surface area contributed by atoms with Crippen molar-refractivity contribution in [3.8, 4) is 0 Å². The van der Waals surface area contributed by atoms with Crippen molar-refractivity contribution in [2.24, 2.45) is 11.7 Å². The van der Waals surface area contributed by atoms with E-state index in [1.54, 1.807) is 0 Å². The molecular formula is C17H28N2O. The highest BCUT2D eigenvalue weighted by Crippen LogP contribution is 2.17. The van der Waals surface area contributed by atoms with Gasteiger partial charge < -0.3 is 11.1 Å². The lowest BCUT2D eigenvalue weighted by Gasteiger charge is -2.21. The van der Waals surface area contributed by atoms with Crippen molar-refractivity contribution in [2.45, 2.75) is 52.5 Å². The maximum absolute atomic E-state index is 12.1. The quantitative estimate of drug-likeness (QED) is 0.839. The van der Waals surface area contributed by atoms with Crippen LogP contribution in [0.2, 0.25) is 0 Å². The Bertz CT molecular complexity index is 429. The van der Waals surface area contributed by atoms with Gasteiger partial charge in [-0.05, 0) is 44.2 Å². The topological polar surface area (TPSA) is 55.1 Å². The monoisotopic (exact) mass is 276 g/mol. The lowest BCUT2D eigenvalue weighted by molar-refractivity contribution is -0.122. The maximum atomic E-state index is 12.1. The second kappa shape index (κ2) is 6.89. The van der Waals surface area contributed by atoms with E-state index in [1.165, 1.54) is 5.56 Å². The van der Waals surface area contributed by atoms with Gasteiger partial charge in [0.2, 0.25) is 5.91 Å². The first-order valence-electron chi connectivity index (χ1n) is 7.34. The SMILES string of the molecule is CC(C)Cc1ccc(C(C)C(=O)NCC(C)(C)N)cc1. The number of nitrogens with one attached hydrogen (secondary N) is 1. The van der Waals surface area contributed by atoms with E-state index in [-0.39, 0.29) is 17.4 Å². The number of rotatable bonds is 6. The molecule has 0 saturated heterocycles. The molecule has 112 valence electrons. The van der Waals surface area contributed by atoms with Gasteiger partial charge in [0.25, 0.3) is 0 Å². The van der Waals surface area contributed by atoms with E-state index in [0.29, 0.717) is 12.5 Å². The van der Waals surface area contributed by atoms with E-state index < -0.39 is 0 Å². The Hall–Kier alpha value is -1.35. The third kappa shape index (κ3) is 5.74. The van der Waals surface area contributed by atoms with Gasteiger partial charge >= 0.3 is 0 Å². The molecule has 0 bridgehead atoms. The van der Waals surface area contributed by atoms with Crippen LogP contribution in [-0.4, -0.2) is 18.0 Å². The minimum absolute atomic E-state index is 0.0279. The van der Waals surface area contributed by atoms with Crippen molar-refractivity contribution in [3.05, 3.63) is 35.4 Å². The van der Waals surface area contributed by atoms with Gasteiger partial charge in [0, 0.05) is 12.1 Å². The van der Waals surface area contributed by atoms with Crippen LogP contribution in [0.4, 0.5) is 0 Å². The Kier molecular flexibility index (Phi) is 5.75. The second-order valence-corrected chi connectivity index (χ2v) is 6.77. The summed E-state index contributed by atoms with van der Waals surface area (Å²) in [4.78, 5) is 12.1. The van der Waals surface area contributed by atoms with Crippen LogP contribution in [0.1, 0.15) is 51.7 Å². The summed E-state index contributed by atoms with van der Waals surface area (Å²) in [5, 5.41) is 2.90. The zero-order chi connectivity index (χ0) is 15.3. The smallest absolute Gasteiger partial charge is 0.227 e. The molecule has 0 aromatic heterocycles. The number of nitrogens with two attached hydrogens (primary N) is 1. The van der Waals surface area contributed by atoms with E-state index in [9.17, 15) is 4.79 Å². The normalized spacial score (nSPS) is 13.3. The first-order chi connectivity index (χ1) is 9.19. The molecule has 0 aliphatic rings. The van der Waals surface area contributed by atoms with Crippen LogP contribution in [-0.2, 0) is 11.2 Å². The summed E-state index contributed by atoms with van der Waals surface area (Å²) in [6.07, 6.45) is 1.07. The van der Waals surface area contributed by atoms with Crippen LogP contribution in [0.15, 0.2) is 24.3 Å². The van der Waals surface area contributed by atoms with E-state index in [0.717, 1.165) is 12.0 Å².